The van der Waals surface area contributed by atoms with E-state index in [0.717, 1.165) is 11.3 Å². The molecule has 0 fully saturated rings. The zero-order valence-corrected chi connectivity index (χ0v) is 13.5. The number of aromatic nitrogens is 3. The molecular weight excluding hydrogens is 328 g/mol. The Hall–Kier alpha value is -2.86. The van der Waals surface area contributed by atoms with Crippen LogP contribution in [-0.4, -0.2) is 27.3 Å². The molecule has 0 atom stereocenters. The van der Waals surface area contributed by atoms with Gasteiger partial charge in [-0.3, -0.25) is 9.78 Å². The number of para-hydroxylation sites is 1. The molecule has 1 amide bonds. The largest absolute Gasteiger partial charge is 0.465 e. The summed E-state index contributed by atoms with van der Waals surface area (Å²) in [4.78, 5) is 15.8. The van der Waals surface area contributed by atoms with Crippen molar-refractivity contribution in [3.63, 3.8) is 0 Å². The molecule has 3 aromatic rings. The lowest BCUT2D eigenvalue weighted by Crippen LogP contribution is -2.28. The van der Waals surface area contributed by atoms with E-state index in [0.29, 0.717) is 11.6 Å². The standard InChI is InChI=1S/C17H15ClN4O2/c18-15-11-22(14-6-2-1-3-7-14)21-17(15)24-12-16(23)20-10-13-5-4-8-19-9-13/h1-9,11H,10,12H2,(H,20,23). The lowest BCUT2D eigenvalue weighted by Gasteiger charge is -2.06. The summed E-state index contributed by atoms with van der Waals surface area (Å²) >= 11 is 6.10. The number of rotatable bonds is 6. The number of benzene rings is 1. The van der Waals surface area contributed by atoms with Gasteiger partial charge in [0.2, 0.25) is 0 Å². The number of ether oxygens (including phenoxy) is 1. The number of nitrogens with zero attached hydrogens (tertiary/aromatic N) is 3. The number of pyridine rings is 1. The van der Waals surface area contributed by atoms with Gasteiger partial charge in [-0.25, -0.2) is 4.68 Å². The van der Waals surface area contributed by atoms with Crippen LogP contribution in [0.4, 0.5) is 0 Å². The van der Waals surface area contributed by atoms with Crippen molar-refractivity contribution in [1.82, 2.24) is 20.1 Å². The van der Waals surface area contributed by atoms with Crippen molar-refractivity contribution in [2.75, 3.05) is 6.61 Å². The number of carbonyl (C=O) groups is 1. The highest BCUT2D eigenvalue weighted by Gasteiger charge is 2.11. The Morgan fingerprint density at radius 1 is 1.21 bits per heavy atom. The Labute approximate surface area is 144 Å². The van der Waals surface area contributed by atoms with Crippen LogP contribution < -0.4 is 10.1 Å². The predicted octanol–water partition coefficient (Wildman–Crippen LogP) is 2.62. The third-order valence-electron chi connectivity index (χ3n) is 3.21. The van der Waals surface area contributed by atoms with Gasteiger partial charge in [-0.05, 0) is 23.8 Å². The summed E-state index contributed by atoms with van der Waals surface area (Å²) in [6.45, 7) is 0.230. The summed E-state index contributed by atoms with van der Waals surface area (Å²) in [5.41, 5.74) is 1.77. The minimum absolute atomic E-state index is 0.161. The Bertz CT molecular complexity index is 806. The molecule has 2 aromatic heterocycles. The predicted molar refractivity (Wildman–Crippen MR) is 90.2 cm³/mol. The quantitative estimate of drug-likeness (QED) is 0.747. The SMILES string of the molecule is O=C(COc1nn(-c2ccccc2)cc1Cl)NCc1cccnc1. The Morgan fingerprint density at radius 2 is 2.04 bits per heavy atom. The van der Waals surface area contributed by atoms with E-state index < -0.39 is 0 Å². The third-order valence-corrected chi connectivity index (χ3v) is 3.47. The van der Waals surface area contributed by atoms with Gasteiger partial charge in [0, 0.05) is 18.9 Å². The molecule has 24 heavy (non-hydrogen) atoms. The molecule has 122 valence electrons. The number of carbonyl (C=O) groups excluding carboxylic acids is 1. The lowest BCUT2D eigenvalue weighted by atomic mass is 10.3. The summed E-state index contributed by atoms with van der Waals surface area (Å²) in [5, 5.41) is 7.33. The average molecular weight is 343 g/mol. The molecule has 1 N–H and O–H groups in total. The second-order valence-electron chi connectivity index (χ2n) is 4.99. The molecule has 0 radical (unpaired) electrons. The molecule has 7 heteroatoms. The summed E-state index contributed by atoms with van der Waals surface area (Å²) in [6.07, 6.45) is 5.01. The van der Waals surface area contributed by atoms with Gasteiger partial charge in [-0.1, -0.05) is 35.9 Å². The van der Waals surface area contributed by atoms with Crippen LogP contribution in [0.3, 0.4) is 0 Å². The zero-order valence-electron chi connectivity index (χ0n) is 12.7. The monoisotopic (exact) mass is 342 g/mol. The van der Waals surface area contributed by atoms with Crippen molar-refractivity contribution in [3.8, 4) is 11.6 Å². The van der Waals surface area contributed by atoms with E-state index in [4.69, 9.17) is 16.3 Å². The summed E-state index contributed by atoms with van der Waals surface area (Å²) in [5.74, 6) is -0.0405. The molecule has 0 unspecified atom stereocenters. The number of hydrogen-bond donors (Lipinski definition) is 1. The number of hydrogen-bond acceptors (Lipinski definition) is 4. The minimum Gasteiger partial charge on any atom is -0.465 e. The van der Waals surface area contributed by atoms with Gasteiger partial charge < -0.3 is 10.1 Å². The molecule has 6 nitrogen and oxygen atoms in total. The Balaban J connectivity index is 1.55. The van der Waals surface area contributed by atoms with Crippen LogP contribution in [0.15, 0.2) is 61.1 Å². The van der Waals surface area contributed by atoms with E-state index in [9.17, 15) is 4.79 Å². The fraction of sp³-hybridized carbons (Fsp3) is 0.118. The van der Waals surface area contributed by atoms with Crippen molar-refractivity contribution in [1.29, 1.82) is 0 Å². The van der Waals surface area contributed by atoms with Gasteiger partial charge >= 0.3 is 0 Å². The van der Waals surface area contributed by atoms with Crippen molar-refractivity contribution in [2.24, 2.45) is 0 Å². The van der Waals surface area contributed by atoms with Gasteiger partial charge in [0.25, 0.3) is 11.8 Å². The summed E-state index contributed by atoms with van der Waals surface area (Å²) < 4.78 is 7.00. The van der Waals surface area contributed by atoms with E-state index in [2.05, 4.69) is 15.4 Å². The Morgan fingerprint density at radius 3 is 2.79 bits per heavy atom. The fourth-order valence-corrected chi connectivity index (χ4v) is 2.22. The smallest absolute Gasteiger partial charge is 0.258 e. The molecule has 0 aliphatic rings. The zero-order chi connectivity index (χ0) is 16.8. The van der Waals surface area contributed by atoms with E-state index in [1.165, 1.54) is 0 Å². The van der Waals surface area contributed by atoms with E-state index in [-0.39, 0.29) is 18.4 Å². The first-order valence-corrected chi connectivity index (χ1v) is 7.69. The number of halogens is 1. The van der Waals surface area contributed by atoms with Crippen molar-refractivity contribution in [3.05, 3.63) is 71.6 Å². The van der Waals surface area contributed by atoms with Crippen LogP contribution in [0.2, 0.25) is 5.02 Å². The van der Waals surface area contributed by atoms with Crippen LogP contribution >= 0.6 is 11.6 Å². The normalized spacial score (nSPS) is 10.4. The molecule has 0 saturated heterocycles. The first-order valence-electron chi connectivity index (χ1n) is 7.31. The molecule has 0 spiro atoms. The molecule has 0 saturated carbocycles. The van der Waals surface area contributed by atoms with Crippen LogP contribution in [0, 0.1) is 0 Å². The van der Waals surface area contributed by atoms with Crippen molar-refractivity contribution >= 4 is 17.5 Å². The topological polar surface area (TPSA) is 69.0 Å². The maximum Gasteiger partial charge on any atom is 0.258 e. The van der Waals surface area contributed by atoms with Gasteiger partial charge in [0.15, 0.2) is 6.61 Å². The third kappa shape index (κ3) is 4.11. The summed E-state index contributed by atoms with van der Waals surface area (Å²) in [7, 11) is 0. The summed E-state index contributed by atoms with van der Waals surface area (Å²) in [6, 6.07) is 13.2. The number of nitrogens with one attached hydrogen (secondary N) is 1. The molecule has 3 rings (SSSR count). The molecule has 0 aliphatic heterocycles. The first kappa shape index (κ1) is 16.0. The average Bonchev–Trinajstić information content (AvgIpc) is 3.01. The fourth-order valence-electron chi connectivity index (χ4n) is 2.04. The second kappa shape index (κ2) is 7.61. The maximum absolute atomic E-state index is 11.8. The minimum atomic E-state index is -0.260. The maximum atomic E-state index is 11.8. The first-order chi connectivity index (χ1) is 11.7. The molecule has 1 aromatic carbocycles. The van der Waals surface area contributed by atoms with Crippen LogP contribution in [-0.2, 0) is 11.3 Å². The van der Waals surface area contributed by atoms with E-state index in [1.54, 1.807) is 23.3 Å². The van der Waals surface area contributed by atoms with E-state index >= 15 is 0 Å². The number of amides is 1. The van der Waals surface area contributed by atoms with Crippen LogP contribution in [0.1, 0.15) is 5.56 Å². The highest BCUT2D eigenvalue weighted by Crippen LogP contribution is 2.23. The van der Waals surface area contributed by atoms with Crippen molar-refractivity contribution in [2.45, 2.75) is 6.54 Å². The van der Waals surface area contributed by atoms with Gasteiger partial charge in [-0.2, -0.15) is 0 Å². The lowest BCUT2D eigenvalue weighted by molar-refractivity contribution is -0.123. The highest BCUT2D eigenvalue weighted by molar-refractivity contribution is 6.31. The van der Waals surface area contributed by atoms with Crippen LogP contribution in [0.5, 0.6) is 5.88 Å². The van der Waals surface area contributed by atoms with Gasteiger partial charge in [-0.15, -0.1) is 5.10 Å². The van der Waals surface area contributed by atoms with Crippen molar-refractivity contribution < 1.29 is 9.53 Å². The van der Waals surface area contributed by atoms with Gasteiger partial charge in [0.1, 0.15) is 5.02 Å². The highest BCUT2D eigenvalue weighted by atomic mass is 35.5. The Kier molecular flexibility index (Phi) is 5.08. The van der Waals surface area contributed by atoms with Crippen LogP contribution in [0.25, 0.3) is 5.69 Å². The second-order valence-corrected chi connectivity index (χ2v) is 5.40. The van der Waals surface area contributed by atoms with Gasteiger partial charge in [0.05, 0.1) is 11.9 Å². The molecular formula is C17H15ClN4O2. The molecule has 2 heterocycles. The molecule has 0 bridgehead atoms. The molecule has 0 aliphatic carbocycles. The van der Waals surface area contributed by atoms with E-state index in [1.807, 2.05) is 42.5 Å².